The summed E-state index contributed by atoms with van der Waals surface area (Å²) in [5.41, 5.74) is 6.94. The first-order valence-corrected chi connectivity index (χ1v) is 6.18. The monoisotopic (exact) mass is 245 g/mol. The third-order valence-corrected chi connectivity index (χ3v) is 3.86. The fourth-order valence-corrected chi connectivity index (χ4v) is 2.94. The first-order chi connectivity index (χ1) is 8.58. The maximum atomic E-state index is 12.3. The van der Waals surface area contributed by atoms with Crippen molar-refractivity contribution in [1.29, 1.82) is 0 Å². The SMILES string of the molecule is Cc1cc(N)cnc1N1C(=O)C2CCC(C2)C1=O. The fraction of sp³-hybridized carbons (Fsp3) is 0.462. The van der Waals surface area contributed by atoms with E-state index in [-0.39, 0.29) is 23.7 Å². The molecule has 94 valence electrons. The number of imide groups is 1. The quantitative estimate of drug-likeness (QED) is 0.756. The Morgan fingerprint density at radius 1 is 1.28 bits per heavy atom. The molecule has 2 bridgehead atoms. The van der Waals surface area contributed by atoms with Gasteiger partial charge in [-0.15, -0.1) is 0 Å². The number of aromatic nitrogens is 1. The molecule has 5 heteroatoms. The van der Waals surface area contributed by atoms with Crippen molar-refractivity contribution in [1.82, 2.24) is 4.98 Å². The van der Waals surface area contributed by atoms with Gasteiger partial charge in [0.1, 0.15) is 5.82 Å². The zero-order valence-electron chi connectivity index (χ0n) is 10.2. The molecule has 2 amide bonds. The zero-order chi connectivity index (χ0) is 12.9. The Morgan fingerprint density at radius 2 is 1.89 bits per heavy atom. The van der Waals surface area contributed by atoms with Gasteiger partial charge in [0.05, 0.1) is 11.9 Å². The highest BCUT2D eigenvalue weighted by Gasteiger charge is 2.46. The van der Waals surface area contributed by atoms with Gasteiger partial charge in [-0.25, -0.2) is 9.88 Å². The van der Waals surface area contributed by atoms with Gasteiger partial charge in [-0.3, -0.25) is 9.59 Å². The minimum absolute atomic E-state index is 0.00791. The van der Waals surface area contributed by atoms with Gasteiger partial charge in [-0.1, -0.05) is 0 Å². The van der Waals surface area contributed by atoms with E-state index in [0.717, 1.165) is 18.4 Å². The Labute approximate surface area is 105 Å². The van der Waals surface area contributed by atoms with Gasteiger partial charge in [0, 0.05) is 11.8 Å². The van der Waals surface area contributed by atoms with Crippen molar-refractivity contribution >= 4 is 23.3 Å². The Morgan fingerprint density at radius 3 is 2.44 bits per heavy atom. The molecule has 2 unspecified atom stereocenters. The smallest absolute Gasteiger partial charge is 0.238 e. The van der Waals surface area contributed by atoms with E-state index in [0.29, 0.717) is 17.9 Å². The maximum absolute atomic E-state index is 12.3. The molecule has 5 nitrogen and oxygen atoms in total. The van der Waals surface area contributed by atoms with Crippen LogP contribution in [0.15, 0.2) is 12.3 Å². The van der Waals surface area contributed by atoms with Crippen LogP contribution in [0.4, 0.5) is 11.5 Å². The third kappa shape index (κ3) is 1.50. The molecule has 2 N–H and O–H groups in total. The fourth-order valence-electron chi connectivity index (χ4n) is 2.94. The van der Waals surface area contributed by atoms with Crippen LogP contribution in [-0.4, -0.2) is 16.8 Å². The summed E-state index contributed by atoms with van der Waals surface area (Å²) in [6, 6.07) is 1.74. The Kier molecular flexibility index (Phi) is 2.36. The molecule has 3 rings (SSSR count). The number of nitrogen functional groups attached to an aromatic ring is 1. The van der Waals surface area contributed by atoms with Crippen LogP contribution < -0.4 is 10.6 Å². The van der Waals surface area contributed by atoms with E-state index in [1.54, 1.807) is 6.07 Å². The number of fused-ring (bicyclic) bond motifs is 2. The predicted octanol–water partition coefficient (Wildman–Crippen LogP) is 1.26. The topological polar surface area (TPSA) is 76.3 Å². The second-order valence-corrected chi connectivity index (χ2v) is 5.13. The highest BCUT2D eigenvalue weighted by atomic mass is 16.2. The van der Waals surface area contributed by atoms with Crippen LogP contribution >= 0.6 is 0 Å². The number of nitrogens with two attached hydrogens (primary N) is 1. The van der Waals surface area contributed by atoms with Crippen molar-refractivity contribution in [2.75, 3.05) is 10.6 Å². The van der Waals surface area contributed by atoms with Crippen LogP contribution in [0.25, 0.3) is 0 Å². The molecule has 1 aliphatic heterocycles. The molecule has 0 aromatic carbocycles. The van der Waals surface area contributed by atoms with Crippen molar-refractivity contribution in [2.24, 2.45) is 11.8 Å². The second-order valence-electron chi connectivity index (χ2n) is 5.13. The number of nitrogens with zero attached hydrogens (tertiary/aromatic N) is 2. The number of carbonyl (C=O) groups excluding carboxylic acids is 2. The lowest BCUT2D eigenvalue weighted by Gasteiger charge is -2.29. The average molecular weight is 245 g/mol. The number of anilines is 2. The lowest BCUT2D eigenvalue weighted by atomic mass is 9.97. The number of rotatable bonds is 1. The largest absolute Gasteiger partial charge is 0.397 e. The predicted molar refractivity (Wildman–Crippen MR) is 66.7 cm³/mol. The Bertz CT molecular complexity index is 519. The van der Waals surface area contributed by atoms with E-state index in [9.17, 15) is 9.59 Å². The van der Waals surface area contributed by atoms with Crippen molar-refractivity contribution in [3.05, 3.63) is 17.8 Å². The van der Waals surface area contributed by atoms with Crippen molar-refractivity contribution in [3.63, 3.8) is 0 Å². The van der Waals surface area contributed by atoms with Gasteiger partial charge >= 0.3 is 0 Å². The Balaban J connectivity index is 2.05. The summed E-state index contributed by atoms with van der Waals surface area (Å²) in [4.78, 5) is 30.0. The van der Waals surface area contributed by atoms with Crippen molar-refractivity contribution in [3.8, 4) is 0 Å². The number of carbonyl (C=O) groups is 2. The van der Waals surface area contributed by atoms with Gasteiger partial charge in [-0.05, 0) is 37.8 Å². The van der Waals surface area contributed by atoms with Crippen LogP contribution in [0, 0.1) is 18.8 Å². The first kappa shape index (κ1) is 11.2. The Hall–Kier alpha value is -1.91. The van der Waals surface area contributed by atoms with Crippen LogP contribution in [0.3, 0.4) is 0 Å². The number of amides is 2. The van der Waals surface area contributed by atoms with Gasteiger partial charge < -0.3 is 5.73 Å². The molecule has 2 fully saturated rings. The molecule has 2 atom stereocenters. The van der Waals surface area contributed by atoms with Crippen LogP contribution in [0.1, 0.15) is 24.8 Å². The molecule has 1 aromatic rings. The number of aryl methyl sites for hydroxylation is 1. The molecule has 1 saturated heterocycles. The van der Waals surface area contributed by atoms with E-state index in [1.807, 2.05) is 6.92 Å². The third-order valence-electron chi connectivity index (χ3n) is 3.86. The highest BCUT2D eigenvalue weighted by Crippen LogP contribution is 2.40. The number of piperidine rings is 1. The van der Waals surface area contributed by atoms with Gasteiger partial charge in [0.25, 0.3) is 0 Å². The summed E-state index contributed by atoms with van der Waals surface area (Å²) in [5, 5.41) is 0. The molecule has 2 aliphatic rings. The van der Waals surface area contributed by atoms with E-state index in [4.69, 9.17) is 5.73 Å². The molecule has 0 radical (unpaired) electrons. The first-order valence-electron chi connectivity index (χ1n) is 6.18. The number of hydrogen-bond acceptors (Lipinski definition) is 4. The number of pyridine rings is 1. The lowest BCUT2D eigenvalue weighted by Crippen LogP contribution is -2.47. The summed E-state index contributed by atoms with van der Waals surface area (Å²) in [7, 11) is 0. The minimum Gasteiger partial charge on any atom is -0.397 e. The highest BCUT2D eigenvalue weighted by molar-refractivity contribution is 6.18. The van der Waals surface area contributed by atoms with Gasteiger partial charge in [-0.2, -0.15) is 0 Å². The van der Waals surface area contributed by atoms with Gasteiger partial charge in [0.2, 0.25) is 11.8 Å². The standard InChI is InChI=1S/C13H15N3O2/c1-7-4-10(14)6-15-11(7)16-12(17)8-2-3-9(5-8)13(16)18/h4,6,8-9H,2-3,5,14H2,1H3. The number of hydrogen-bond donors (Lipinski definition) is 1. The van der Waals surface area contributed by atoms with E-state index >= 15 is 0 Å². The van der Waals surface area contributed by atoms with Crippen molar-refractivity contribution in [2.45, 2.75) is 26.2 Å². The molecule has 1 aliphatic carbocycles. The summed E-state index contributed by atoms with van der Waals surface area (Å²) < 4.78 is 0. The summed E-state index contributed by atoms with van der Waals surface area (Å²) in [6.07, 6.45) is 3.83. The molecule has 2 heterocycles. The molecule has 18 heavy (non-hydrogen) atoms. The average Bonchev–Trinajstić information content (AvgIpc) is 2.76. The zero-order valence-corrected chi connectivity index (χ0v) is 10.2. The molecule has 1 saturated carbocycles. The normalized spacial score (nSPS) is 26.8. The van der Waals surface area contributed by atoms with E-state index < -0.39 is 0 Å². The van der Waals surface area contributed by atoms with E-state index in [2.05, 4.69) is 4.98 Å². The minimum atomic E-state index is -0.103. The second kappa shape index (κ2) is 3.80. The molecular weight excluding hydrogens is 230 g/mol. The molecular formula is C13H15N3O2. The van der Waals surface area contributed by atoms with Crippen LogP contribution in [0.5, 0.6) is 0 Å². The molecule has 1 aromatic heterocycles. The van der Waals surface area contributed by atoms with Crippen LogP contribution in [0.2, 0.25) is 0 Å². The summed E-state index contributed by atoms with van der Waals surface area (Å²) >= 11 is 0. The molecule has 0 spiro atoms. The van der Waals surface area contributed by atoms with Crippen molar-refractivity contribution < 1.29 is 9.59 Å². The maximum Gasteiger partial charge on any atom is 0.238 e. The lowest BCUT2D eigenvalue weighted by molar-refractivity contribution is -0.133. The van der Waals surface area contributed by atoms with E-state index in [1.165, 1.54) is 11.1 Å². The summed E-state index contributed by atoms with van der Waals surface area (Å²) in [5.74, 6) is 0.219. The van der Waals surface area contributed by atoms with Crippen LogP contribution in [-0.2, 0) is 9.59 Å². The summed E-state index contributed by atoms with van der Waals surface area (Å²) in [6.45, 7) is 1.82. The van der Waals surface area contributed by atoms with Gasteiger partial charge in [0.15, 0.2) is 0 Å².